The van der Waals surface area contributed by atoms with E-state index in [1.807, 2.05) is 22.3 Å². The summed E-state index contributed by atoms with van der Waals surface area (Å²) in [6.45, 7) is 6.39. The van der Waals surface area contributed by atoms with E-state index in [0.29, 0.717) is 11.7 Å². The Bertz CT molecular complexity index is 551. The third-order valence-electron chi connectivity index (χ3n) is 3.11. The maximum atomic E-state index is 10.9. The van der Waals surface area contributed by atoms with Gasteiger partial charge in [0.1, 0.15) is 0 Å². The van der Waals surface area contributed by atoms with Gasteiger partial charge in [0.2, 0.25) is 5.91 Å². The maximum absolute atomic E-state index is 10.9. The largest absolute Gasteiger partial charge is 0.306 e. The van der Waals surface area contributed by atoms with Crippen molar-refractivity contribution in [1.82, 2.24) is 20.1 Å². The van der Waals surface area contributed by atoms with Crippen LogP contribution in [0.5, 0.6) is 0 Å². The summed E-state index contributed by atoms with van der Waals surface area (Å²) in [7, 11) is 0. The SMILES string of the molecule is CC(=O)Nc1nc(CN[C@H](C)[C@H](C)n2cccn2)cs1. The molecule has 0 saturated carbocycles. The molecule has 20 heavy (non-hydrogen) atoms. The van der Waals surface area contributed by atoms with Crippen LogP contribution >= 0.6 is 11.3 Å². The molecule has 0 bridgehead atoms. The number of rotatable bonds is 6. The van der Waals surface area contributed by atoms with Crippen molar-refractivity contribution in [2.45, 2.75) is 39.4 Å². The number of carbonyl (C=O) groups excluding carboxylic acids is 1. The van der Waals surface area contributed by atoms with Crippen LogP contribution in [0.3, 0.4) is 0 Å². The third kappa shape index (κ3) is 3.88. The second kappa shape index (κ2) is 6.62. The fourth-order valence-electron chi connectivity index (χ4n) is 1.78. The van der Waals surface area contributed by atoms with Crippen LogP contribution in [0.4, 0.5) is 5.13 Å². The Kier molecular flexibility index (Phi) is 4.86. The molecular weight excluding hydrogens is 274 g/mol. The molecular formula is C13H19N5OS. The maximum Gasteiger partial charge on any atom is 0.223 e. The van der Waals surface area contributed by atoms with E-state index < -0.39 is 0 Å². The van der Waals surface area contributed by atoms with Crippen LogP contribution in [-0.4, -0.2) is 26.7 Å². The number of nitrogens with zero attached hydrogens (tertiary/aromatic N) is 3. The molecule has 2 atom stereocenters. The molecule has 0 aromatic carbocycles. The number of anilines is 1. The summed E-state index contributed by atoms with van der Waals surface area (Å²) in [4.78, 5) is 15.3. The topological polar surface area (TPSA) is 71.8 Å². The Labute approximate surface area is 122 Å². The normalized spacial score (nSPS) is 13.9. The van der Waals surface area contributed by atoms with E-state index in [2.05, 4.69) is 34.6 Å². The molecule has 2 N–H and O–H groups in total. The van der Waals surface area contributed by atoms with Crippen molar-refractivity contribution in [3.63, 3.8) is 0 Å². The smallest absolute Gasteiger partial charge is 0.223 e. The number of hydrogen-bond acceptors (Lipinski definition) is 5. The number of thiazole rings is 1. The molecule has 0 aliphatic carbocycles. The van der Waals surface area contributed by atoms with Gasteiger partial charge in [-0.15, -0.1) is 11.3 Å². The molecule has 2 heterocycles. The van der Waals surface area contributed by atoms with E-state index in [0.717, 1.165) is 5.69 Å². The predicted molar refractivity (Wildman–Crippen MR) is 79.7 cm³/mol. The summed E-state index contributed by atoms with van der Waals surface area (Å²) in [5.41, 5.74) is 0.929. The molecule has 2 aromatic heterocycles. The van der Waals surface area contributed by atoms with Crippen LogP contribution in [-0.2, 0) is 11.3 Å². The van der Waals surface area contributed by atoms with Crippen molar-refractivity contribution in [1.29, 1.82) is 0 Å². The first-order valence-electron chi connectivity index (χ1n) is 6.50. The first-order chi connectivity index (χ1) is 9.56. The number of aromatic nitrogens is 3. The van der Waals surface area contributed by atoms with Crippen LogP contribution in [0.15, 0.2) is 23.8 Å². The van der Waals surface area contributed by atoms with Gasteiger partial charge in [-0.05, 0) is 19.9 Å². The van der Waals surface area contributed by atoms with Gasteiger partial charge in [0, 0.05) is 37.3 Å². The van der Waals surface area contributed by atoms with Crippen LogP contribution in [0.25, 0.3) is 0 Å². The van der Waals surface area contributed by atoms with Crippen molar-refractivity contribution in [2.24, 2.45) is 0 Å². The fourth-order valence-corrected chi connectivity index (χ4v) is 2.54. The molecule has 6 nitrogen and oxygen atoms in total. The third-order valence-corrected chi connectivity index (χ3v) is 3.91. The first-order valence-corrected chi connectivity index (χ1v) is 7.38. The highest BCUT2D eigenvalue weighted by molar-refractivity contribution is 7.13. The highest BCUT2D eigenvalue weighted by atomic mass is 32.1. The molecule has 0 aliphatic rings. The van der Waals surface area contributed by atoms with Gasteiger partial charge in [0.25, 0.3) is 0 Å². The van der Waals surface area contributed by atoms with E-state index in [1.165, 1.54) is 18.3 Å². The zero-order chi connectivity index (χ0) is 14.5. The molecule has 0 radical (unpaired) electrons. The minimum atomic E-state index is -0.0977. The molecule has 0 aliphatic heterocycles. The lowest BCUT2D eigenvalue weighted by molar-refractivity contribution is -0.114. The summed E-state index contributed by atoms with van der Waals surface area (Å²) in [6, 6.07) is 2.45. The summed E-state index contributed by atoms with van der Waals surface area (Å²) in [6.07, 6.45) is 3.74. The second-order valence-electron chi connectivity index (χ2n) is 4.72. The summed E-state index contributed by atoms with van der Waals surface area (Å²) in [5.74, 6) is -0.0977. The Morgan fingerprint density at radius 2 is 2.30 bits per heavy atom. The van der Waals surface area contributed by atoms with Crippen LogP contribution in [0, 0.1) is 0 Å². The Morgan fingerprint density at radius 1 is 1.50 bits per heavy atom. The molecule has 0 unspecified atom stereocenters. The highest BCUT2D eigenvalue weighted by Crippen LogP contribution is 2.16. The lowest BCUT2D eigenvalue weighted by Gasteiger charge is -2.21. The van der Waals surface area contributed by atoms with E-state index >= 15 is 0 Å². The van der Waals surface area contributed by atoms with Crippen LogP contribution in [0.1, 0.15) is 32.5 Å². The van der Waals surface area contributed by atoms with Crippen LogP contribution in [0.2, 0.25) is 0 Å². The zero-order valence-electron chi connectivity index (χ0n) is 11.8. The minimum absolute atomic E-state index is 0.0977. The van der Waals surface area contributed by atoms with Crippen molar-refractivity contribution in [3.8, 4) is 0 Å². The van der Waals surface area contributed by atoms with Crippen molar-refractivity contribution in [2.75, 3.05) is 5.32 Å². The molecule has 0 fully saturated rings. The molecule has 2 aromatic rings. The summed E-state index contributed by atoms with van der Waals surface area (Å²) < 4.78 is 1.93. The van der Waals surface area contributed by atoms with E-state index in [9.17, 15) is 4.79 Å². The number of nitrogens with one attached hydrogen (secondary N) is 2. The van der Waals surface area contributed by atoms with Gasteiger partial charge in [0.05, 0.1) is 11.7 Å². The number of amides is 1. The average Bonchev–Trinajstić information content (AvgIpc) is 3.05. The Hall–Kier alpha value is -1.73. The van der Waals surface area contributed by atoms with Gasteiger partial charge in [0.15, 0.2) is 5.13 Å². The molecule has 108 valence electrons. The molecule has 0 saturated heterocycles. The van der Waals surface area contributed by atoms with Crippen LogP contribution < -0.4 is 10.6 Å². The molecule has 2 rings (SSSR count). The van der Waals surface area contributed by atoms with Crippen molar-refractivity contribution < 1.29 is 4.79 Å². The summed E-state index contributed by atoms with van der Waals surface area (Å²) in [5, 5.41) is 12.9. The Morgan fingerprint density at radius 3 is 2.95 bits per heavy atom. The molecule has 1 amide bonds. The van der Waals surface area contributed by atoms with Gasteiger partial charge >= 0.3 is 0 Å². The number of hydrogen-bond donors (Lipinski definition) is 2. The van der Waals surface area contributed by atoms with Gasteiger partial charge in [-0.25, -0.2) is 4.98 Å². The van der Waals surface area contributed by atoms with Gasteiger partial charge in [-0.2, -0.15) is 5.10 Å². The lowest BCUT2D eigenvalue weighted by Crippen LogP contribution is -2.33. The summed E-state index contributed by atoms with van der Waals surface area (Å²) >= 11 is 1.44. The monoisotopic (exact) mass is 293 g/mol. The van der Waals surface area contributed by atoms with E-state index in [1.54, 1.807) is 6.20 Å². The van der Waals surface area contributed by atoms with E-state index in [4.69, 9.17) is 0 Å². The Balaban J connectivity index is 1.85. The van der Waals surface area contributed by atoms with Crippen molar-refractivity contribution in [3.05, 3.63) is 29.5 Å². The van der Waals surface area contributed by atoms with Gasteiger partial charge in [-0.1, -0.05) is 0 Å². The predicted octanol–water partition coefficient (Wildman–Crippen LogP) is 2.04. The molecule has 0 spiro atoms. The first kappa shape index (κ1) is 14.7. The van der Waals surface area contributed by atoms with E-state index in [-0.39, 0.29) is 18.0 Å². The highest BCUT2D eigenvalue weighted by Gasteiger charge is 2.14. The van der Waals surface area contributed by atoms with Gasteiger partial charge < -0.3 is 10.6 Å². The average molecular weight is 293 g/mol. The molecule has 7 heteroatoms. The standard InChI is InChI=1S/C13H19N5OS/c1-9(10(2)18-6-4-5-15-18)14-7-12-8-20-13(17-12)16-11(3)19/h4-6,8-10,14H,7H2,1-3H3,(H,16,17,19)/t9-,10+/m1/s1. The number of carbonyl (C=O) groups is 1. The fraction of sp³-hybridized carbons (Fsp3) is 0.462. The minimum Gasteiger partial charge on any atom is -0.306 e. The lowest BCUT2D eigenvalue weighted by atomic mass is 10.2. The second-order valence-corrected chi connectivity index (χ2v) is 5.58. The quantitative estimate of drug-likeness (QED) is 0.855. The zero-order valence-corrected chi connectivity index (χ0v) is 12.6. The van der Waals surface area contributed by atoms with Gasteiger partial charge in [-0.3, -0.25) is 9.48 Å². The van der Waals surface area contributed by atoms with Crippen molar-refractivity contribution >= 4 is 22.4 Å².